The first-order valence-electron chi connectivity index (χ1n) is 11.9. The molecule has 0 saturated carbocycles. The van der Waals surface area contributed by atoms with Crippen molar-refractivity contribution in [3.05, 3.63) is 42.2 Å². The summed E-state index contributed by atoms with van der Waals surface area (Å²) in [6.07, 6.45) is 5.73. The number of nitriles is 1. The van der Waals surface area contributed by atoms with E-state index in [2.05, 4.69) is 45.4 Å². The second-order valence-corrected chi connectivity index (χ2v) is 10.7. The standard InChI is InChI=1S/C25H26N8OS/c1-16(2)29-20-10-21(22-4-3-18-9-17(11-26)12-28-33(18)22)27-13-19(20)23-30-31-24(35-23)32-7-5-25(6-8-32)14-34-15-25/h3-4,9-10,12-13,16H,5-8,14-15H2,1-2H3,(H,27,29). The summed E-state index contributed by atoms with van der Waals surface area (Å²) in [5, 5.41) is 28.0. The van der Waals surface area contributed by atoms with Gasteiger partial charge in [-0.15, -0.1) is 10.2 Å². The molecule has 4 aromatic rings. The van der Waals surface area contributed by atoms with Gasteiger partial charge in [0.2, 0.25) is 5.13 Å². The van der Waals surface area contributed by atoms with Crippen LogP contribution >= 0.6 is 11.3 Å². The van der Waals surface area contributed by atoms with Crippen LogP contribution in [0.5, 0.6) is 0 Å². The fourth-order valence-electron chi connectivity index (χ4n) is 4.75. The third-order valence-corrected chi connectivity index (χ3v) is 7.81. The summed E-state index contributed by atoms with van der Waals surface area (Å²) in [7, 11) is 0. The molecule has 35 heavy (non-hydrogen) atoms. The Morgan fingerprint density at radius 2 is 1.97 bits per heavy atom. The number of hydrogen-bond donors (Lipinski definition) is 1. The Balaban J connectivity index is 1.31. The van der Waals surface area contributed by atoms with Crippen molar-refractivity contribution < 1.29 is 4.74 Å². The first-order valence-corrected chi connectivity index (χ1v) is 12.7. The minimum absolute atomic E-state index is 0.236. The molecule has 2 aliphatic heterocycles. The third kappa shape index (κ3) is 4.00. The number of aromatic nitrogens is 5. The lowest BCUT2D eigenvalue weighted by Crippen LogP contribution is -2.50. The first kappa shape index (κ1) is 21.9. The van der Waals surface area contributed by atoms with Gasteiger partial charge in [0, 0.05) is 36.4 Å². The Morgan fingerprint density at radius 3 is 2.69 bits per heavy atom. The van der Waals surface area contributed by atoms with Crippen LogP contribution in [0.1, 0.15) is 32.3 Å². The van der Waals surface area contributed by atoms with E-state index in [9.17, 15) is 0 Å². The summed E-state index contributed by atoms with van der Waals surface area (Å²) in [5.74, 6) is 0. The normalized spacial score (nSPS) is 17.0. The van der Waals surface area contributed by atoms with Gasteiger partial charge in [0.25, 0.3) is 0 Å². The molecule has 0 aliphatic carbocycles. The van der Waals surface area contributed by atoms with Gasteiger partial charge in [-0.2, -0.15) is 10.4 Å². The van der Waals surface area contributed by atoms with Gasteiger partial charge >= 0.3 is 0 Å². The topological polar surface area (TPSA) is 104 Å². The molecule has 4 aromatic heterocycles. The van der Waals surface area contributed by atoms with E-state index in [0.717, 1.165) is 77.4 Å². The van der Waals surface area contributed by atoms with E-state index in [-0.39, 0.29) is 6.04 Å². The Bertz CT molecular complexity index is 1420. The molecule has 1 N–H and O–H groups in total. The monoisotopic (exact) mass is 486 g/mol. The van der Waals surface area contributed by atoms with Gasteiger partial charge in [-0.1, -0.05) is 11.3 Å². The van der Waals surface area contributed by atoms with Crippen LogP contribution < -0.4 is 10.2 Å². The molecule has 2 saturated heterocycles. The molecule has 10 heteroatoms. The van der Waals surface area contributed by atoms with E-state index in [1.807, 2.05) is 30.5 Å². The van der Waals surface area contributed by atoms with Crippen LogP contribution in [0, 0.1) is 16.7 Å². The average Bonchev–Trinajstić information content (AvgIpc) is 3.50. The van der Waals surface area contributed by atoms with E-state index in [4.69, 9.17) is 15.0 Å². The molecule has 0 unspecified atom stereocenters. The smallest absolute Gasteiger partial charge is 0.208 e. The predicted octanol–water partition coefficient (Wildman–Crippen LogP) is 4.22. The molecule has 2 fully saturated rings. The van der Waals surface area contributed by atoms with E-state index >= 15 is 0 Å². The fraction of sp³-hybridized carbons (Fsp3) is 0.400. The second-order valence-electron chi connectivity index (χ2n) is 9.70. The summed E-state index contributed by atoms with van der Waals surface area (Å²) >= 11 is 1.61. The van der Waals surface area contributed by atoms with Crippen LogP contribution in [0.2, 0.25) is 0 Å². The SMILES string of the molecule is CC(C)Nc1cc(-c2ccc3cc(C#N)cnn23)ncc1-c1nnc(N2CCC3(CC2)COC3)s1. The predicted molar refractivity (Wildman–Crippen MR) is 135 cm³/mol. The number of rotatable bonds is 5. The van der Waals surface area contributed by atoms with Crippen LogP contribution in [0.3, 0.4) is 0 Å². The van der Waals surface area contributed by atoms with Gasteiger partial charge in [0.15, 0.2) is 5.01 Å². The molecule has 1 spiro atoms. The maximum absolute atomic E-state index is 9.16. The number of ether oxygens (including phenoxy) is 1. The molecule has 0 radical (unpaired) electrons. The molecule has 178 valence electrons. The van der Waals surface area contributed by atoms with Crippen LogP contribution in [-0.4, -0.2) is 57.1 Å². The van der Waals surface area contributed by atoms with E-state index < -0.39 is 0 Å². The lowest BCUT2D eigenvalue weighted by molar-refractivity contribution is -0.124. The van der Waals surface area contributed by atoms with E-state index in [1.54, 1.807) is 22.0 Å². The number of anilines is 2. The zero-order valence-electron chi connectivity index (χ0n) is 19.7. The highest BCUT2D eigenvalue weighted by atomic mass is 32.1. The average molecular weight is 487 g/mol. The zero-order valence-corrected chi connectivity index (χ0v) is 20.5. The molecule has 6 rings (SSSR count). The van der Waals surface area contributed by atoms with Gasteiger partial charge in [-0.3, -0.25) is 4.98 Å². The molecule has 2 aliphatic rings. The number of piperidine rings is 1. The Hall–Kier alpha value is -3.55. The van der Waals surface area contributed by atoms with Crippen molar-refractivity contribution >= 4 is 27.7 Å². The summed E-state index contributed by atoms with van der Waals surface area (Å²) < 4.78 is 7.26. The molecule has 6 heterocycles. The largest absolute Gasteiger partial charge is 0.382 e. The van der Waals surface area contributed by atoms with Crippen LogP contribution in [0.15, 0.2) is 36.7 Å². The molecule has 0 atom stereocenters. The molecule has 9 nitrogen and oxygen atoms in total. The van der Waals surface area contributed by atoms with Gasteiger partial charge in [-0.05, 0) is 51.0 Å². The highest BCUT2D eigenvalue weighted by Crippen LogP contribution is 2.41. The van der Waals surface area contributed by atoms with Crippen LogP contribution in [-0.2, 0) is 4.74 Å². The van der Waals surface area contributed by atoms with Crippen molar-refractivity contribution in [1.82, 2.24) is 24.8 Å². The minimum atomic E-state index is 0.236. The lowest BCUT2D eigenvalue weighted by atomic mass is 9.77. The van der Waals surface area contributed by atoms with E-state index in [0.29, 0.717) is 11.0 Å². The van der Waals surface area contributed by atoms with Crippen LogP contribution in [0.25, 0.3) is 27.5 Å². The number of hydrogen-bond acceptors (Lipinski definition) is 9. The number of fused-ring (bicyclic) bond motifs is 1. The zero-order chi connectivity index (χ0) is 24.0. The molecule has 0 bridgehead atoms. The maximum atomic E-state index is 9.16. The van der Waals surface area contributed by atoms with Crippen molar-refractivity contribution in [2.75, 3.05) is 36.5 Å². The summed E-state index contributed by atoms with van der Waals surface area (Å²) in [6.45, 7) is 8.01. The lowest BCUT2D eigenvalue weighted by Gasteiger charge is -2.47. The highest BCUT2D eigenvalue weighted by Gasteiger charge is 2.41. The minimum Gasteiger partial charge on any atom is -0.382 e. The first-order chi connectivity index (χ1) is 17.0. The maximum Gasteiger partial charge on any atom is 0.208 e. The third-order valence-electron chi connectivity index (χ3n) is 6.80. The number of nitrogens with one attached hydrogen (secondary N) is 1. The second kappa shape index (κ2) is 8.59. The highest BCUT2D eigenvalue weighted by molar-refractivity contribution is 7.18. The van der Waals surface area contributed by atoms with Gasteiger partial charge in [-0.25, -0.2) is 4.52 Å². The summed E-state index contributed by atoms with van der Waals surface area (Å²) in [5.41, 5.74) is 5.34. The molecular weight excluding hydrogens is 460 g/mol. The number of pyridine rings is 1. The Kier molecular flexibility index (Phi) is 5.39. The van der Waals surface area contributed by atoms with Gasteiger partial charge in [0.05, 0.1) is 47.4 Å². The molecule has 0 amide bonds. The van der Waals surface area contributed by atoms with Crippen molar-refractivity contribution in [3.63, 3.8) is 0 Å². The van der Waals surface area contributed by atoms with Crippen LogP contribution in [0.4, 0.5) is 10.8 Å². The quantitative estimate of drug-likeness (QED) is 0.447. The Labute approximate surface area is 207 Å². The van der Waals surface area contributed by atoms with Crippen molar-refractivity contribution in [2.45, 2.75) is 32.7 Å². The molecular formula is C25H26N8OS. The van der Waals surface area contributed by atoms with Crippen molar-refractivity contribution in [2.24, 2.45) is 5.41 Å². The van der Waals surface area contributed by atoms with Gasteiger partial charge in [0.1, 0.15) is 6.07 Å². The van der Waals surface area contributed by atoms with E-state index in [1.165, 1.54) is 0 Å². The van der Waals surface area contributed by atoms with Crippen molar-refractivity contribution in [3.8, 4) is 28.0 Å². The summed E-state index contributed by atoms with van der Waals surface area (Å²) in [4.78, 5) is 7.11. The summed E-state index contributed by atoms with van der Waals surface area (Å²) in [6, 6.07) is 10.2. The number of nitrogens with zero attached hydrogens (tertiary/aromatic N) is 7. The molecule has 0 aromatic carbocycles. The fourth-order valence-corrected chi connectivity index (χ4v) is 5.67. The Morgan fingerprint density at radius 1 is 1.14 bits per heavy atom. The van der Waals surface area contributed by atoms with Crippen molar-refractivity contribution in [1.29, 1.82) is 5.26 Å². The van der Waals surface area contributed by atoms with Gasteiger partial charge < -0.3 is 15.0 Å².